The van der Waals surface area contributed by atoms with E-state index < -0.39 is 0 Å². The van der Waals surface area contributed by atoms with Crippen molar-refractivity contribution in [2.24, 2.45) is 0 Å². The number of ether oxygens (including phenoxy) is 2. The molecule has 0 aliphatic carbocycles. The molecule has 5 rings (SSSR count). The van der Waals surface area contributed by atoms with Gasteiger partial charge >= 0.3 is 0 Å². The first-order valence-electron chi connectivity index (χ1n) is 11.0. The highest BCUT2D eigenvalue weighted by Crippen LogP contribution is 2.40. The average Bonchev–Trinajstić information content (AvgIpc) is 3.22. The molecule has 3 aromatic carbocycles. The first-order chi connectivity index (χ1) is 14.7. The van der Waals surface area contributed by atoms with E-state index in [4.69, 9.17) is 9.47 Å². The third kappa shape index (κ3) is 3.34. The summed E-state index contributed by atoms with van der Waals surface area (Å²) in [5.41, 5.74) is 5.53. The van der Waals surface area contributed by atoms with Gasteiger partial charge in [0, 0.05) is 18.6 Å². The van der Waals surface area contributed by atoms with E-state index in [0.29, 0.717) is 12.8 Å². The zero-order chi connectivity index (χ0) is 20.7. The van der Waals surface area contributed by atoms with Crippen LogP contribution in [0, 0.1) is 6.92 Å². The third-order valence-corrected chi connectivity index (χ3v) is 6.78. The van der Waals surface area contributed by atoms with E-state index in [1.807, 2.05) is 0 Å². The van der Waals surface area contributed by atoms with Crippen LogP contribution in [0.1, 0.15) is 41.6 Å². The molecule has 2 heterocycles. The molecule has 3 aromatic rings. The number of benzene rings is 3. The van der Waals surface area contributed by atoms with Crippen LogP contribution in [0.15, 0.2) is 48.5 Å². The molecule has 0 spiro atoms. The van der Waals surface area contributed by atoms with E-state index in [-0.39, 0.29) is 6.04 Å². The van der Waals surface area contributed by atoms with Crippen LogP contribution in [0.4, 0.5) is 0 Å². The minimum atomic E-state index is 0.286. The van der Waals surface area contributed by atoms with Crippen molar-refractivity contribution in [1.29, 1.82) is 0 Å². The van der Waals surface area contributed by atoms with Crippen LogP contribution < -0.4 is 14.8 Å². The van der Waals surface area contributed by atoms with Crippen LogP contribution in [0.5, 0.6) is 11.5 Å². The lowest BCUT2D eigenvalue weighted by molar-refractivity contribution is 0.172. The first-order valence-corrected chi connectivity index (χ1v) is 11.0. The second-order valence-electron chi connectivity index (χ2n) is 8.56. The molecule has 2 aliphatic rings. The summed E-state index contributed by atoms with van der Waals surface area (Å²) in [6.45, 7) is 6.78. The Morgan fingerprint density at radius 1 is 1.10 bits per heavy atom. The molecule has 4 nitrogen and oxygen atoms in total. The molecule has 0 fully saturated rings. The smallest absolute Gasteiger partial charge is 0.231 e. The summed E-state index contributed by atoms with van der Waals surface area (Å²) in [4.78, 5) is 2.52. The fraction of sp³-hybridized carbons (Fsp3) is 0.385. The molecule has 0 saturated carbocycles. The second kappa shape index (κ2) is 7.93. The second-order valence-corrected chi connectivity index (χ2v) is 8.56. The molecule has 0 aromatic heterocycles. The predicted molar refractivity (Wildman–Crippen MR) is 121 cm³/mol. The number of fused-ring (bicyclic) bond motifs is 3. The largest absolute Gasteiger partial charge is 0.454 e. The third-order valence-electron chi connectivity index (χ3n) is 6.78. The van der Waals surface area contributed by atoms with Crippen molar-refractivity contribution in [2.75, 3.05) is 20.4 Å². The number of nitrogens with one attached hydrogen (secondary N) is 1. The number of likely N-dealkylation sites (N-methyl/N-ethyl adjacent to an activating group) is 1. The summed E-state index contributed by atoms with van der Waals surface area (Å²) < 4.78 is 11.3. The van der Waals surface area contributed by atoms with Gasteiger partial charge < -0.3 is 14.8 Å². The van der Waals surface area contributed by atoms with Crippen LogP contribution in [0.3, 0.4) is 0 Å². The Bertz CT molecular complexity index is 1080. The van der Waals surface area contributed by atoms with Crippen LogP contribution in [-0.4, -0.2) is 31.3 Å². The summed E-state index contributed by atoms with van der Waals surface area (Å²) in [6.07, 6.45) is 2.11. The number of rotatable bonds is 5. The van der Waals surface area contributed by atoms with E-state index in [9.17, 15) is 0 Å². The maximum absolute atomic E-state index is 5.68. The Kier molecular flexibility index (Phi) is 5.13. The van der Waals surface area contributed by atoms with Gasteiger partial charge in [-0.1, -0.05) is 43.3 Å². The van der Waals surface area contributed by atoms with Crippen LogP contribution in [-0.2, 0) is 13.0 Å². The summed E-state index contributed by atoms with van der Waals surface area (Å²) in [7, 11) is 2.26. The molecule has 0 amide bonds. The minimum absolute atomic E-state index is 0.286. The molecule has 2 atom stereocenters. The van der Waals surface area contributed by atoms with Crippen molar-refractivity contribution in [1.82, 2.24) is 10.2 Å². The van der Waals surface area contributed by atoms with Crippen molar-refractivity contribution < 1.29 is 9.47 Å². The SMILES string of the molecule is CCC(C1NCCc2cc3c(cc21)OCO3)N(C)Cc1c(C)ccc2ccccc12. The van der Waals surface area contributed by atoms with Crippen LogP contribution in [0.25, 0.3) is 10.8 Å². The normalized spacial score (nSPS) is 18.6. The van der Waals surface area contributed by atoms with Gasteiger partial charge in [-0.25, -0.2) is 0 Å². The number of hydrogen-bond donors (Lipinski definition) is 1. The van der Waals surface area contributed by atoms with Crippen LogP contribution in [0.2, 0.25) is 0 Å². The zero-order valence-corrected chi connectivity index (χ0v) is 18.1. The van der Waals surface area contributed by atoms with Gasteiger partial charge in [0.25, 0.3) is 0 Å². The standard InChI is InChI=1S/C26H30N2O2/c1-4-23(26-21-14-25-24(29-16-30-25)13-19(21)11-12-27-26)28(3)15-22-17(2)9-10-18-7-5-6-8-20(18)22/h5-10,13-14,23,26-27H,4,11-12,15-16H2,1-3H3. The monoisotopic (exact) mass is 402 g/mol. The van der Waals surface area contributed by atoms with E-state index in [2.05, 4.69) is 79.6 Å². The number of aryl methyl sites for hydroxylation is 1. The van der Waals surface area contributed by atoms with E-state index in [0.717, 1.165) is 37.4 Å². The molecule has 2 unspecified atom stereocenters. The lowest BCUT2D eigenvalue weighted by atomic mass is 9.87. The van der Waals surface area contributed by atoms with Gasteiger partial charge in [-0.2, -0.15) is 0 Å². The van der Waals surface area contributed by atoms with E-state index in [1.54, 1.807) is 0 Å². The first kappa shape index (κ1) is 19.4. The number of nitrogens with zero attached hydrogens (tertiary/aromatic N) is 1. The van der Waals surface area contributed by atoms with Gasteiger partial charge in [0.05, 0.1) is 0 Å². The van der Waals surface area contributed by atoms with Gasteiger partial charge in [-0.15, -0.1) is 0 Å². The maximum atomic E-state index is 5.68. The lowest BCUT2D eigenvalue weighted by Gasteiger charge is -2.38. The highest BCUT2D eigenvalue weighted by molar-refractivity contribution is 5.86. The molecule has 2 aliphatic heterocycles. The molecule has 0 saturated heterocycles. The highest BCUT2D eigenvalue weighted by Gasteiger charge is 2.31. The Balaban J connectivity index is 1.47. The molecular weight excluding hydrogens is 372 g/mol. The van der Waals surface area contributed by atoms with Crippen molar-refractivity contribution >= 4 is 10.8 Å². The minimum Gasteiger partial charge on any atom is -0.454 e. The molecule has 30 heavy (non-hydrogen) atoms. The van der Waals surface area contributed by atoms with Gasteiger partial charge in [-0.3, -0.25) is 4.90 Å². The predicted octanol–water partition coefficient (Wildman–Crippen LogP) is 4.97. The summed E-state index contributed by atoms with van der Waals surface area (Å²) in [6, 6.07) is 18.3. The van der Waals surface area contributed by atoms with Crippen molar-refractivity contribution in [2.45, 2.75) is 45.3 Å². The maximum Gasteiger partial charge on any atom is 0.231 e. The molecule has 0 radical (unpaired) electrons. The lowest BCUT2D eigenvalue weighted by Crippen LogP contribution is -2.45. The van der Waals surface area contributed by atoms with Crippen molar-refractivity contribution in [3.63, 3.8) is 0 Å². The molecular formula is C26H30N2O2. The summed E-state index contributed by atoms with van der Waals surface area (Å²) in [5, 5.41) is 6.47. The molecule has 156 valence electrons. The molecule has 4 heteroatoms. The van der Waals surface area contributed by atoms with Gasteiger partial charge in [0.2, 0.25) is 6.79 Å². The van der Waals surface area contributed by atoms with Crippen molar-refractivity contribution in [3.05, 3.63) is 70.8 Å². The topological polar surface area (TPSA) is 33.7 Å². The molecule has 1 N–H and O–H groups in total. The fourth-order valence-corrected chi connectivity index (χ4v) is 5.14. The Morgan fingerprint density at radius 2 is 1.90 bits per heavy atom. The van der Waals surface area contributed by atoms with Crippen molar-refractivity contribution in [3.8, 4) is 11.5 Å². The van der Waals surface area contributed by atoms with Gasteiger partial charge in [0.15, 0.2) is 11.5 Å². The summed E-state index contributed by atoms with van der Waals surface area (Å²) >= 11 is 0. The van der Waals surface area contributed by atoms with Gasteiger partial charge in [0.1, 0.15) is 0 Å². The quantitative estimate of drug-likeness (QED) is 0.653. The van der Waals surface area contributed by atoms with Crippen LogP contribution >= 0.6 is 0 Å². The Labute approximate surface area is 178 Å². The summed E-state index contributed by atoms with van der Waals surface area (Å²) in [5.74, 6) is 1.77. The zero-order valence-electron chi connectivity index (χ0n) is 18.1. The molecule has 0 bridgehead atoms. The average molecular weight is 403 g/mol. The van der Waals surface area contributed by atoms with E-state index >= 15 is 0 Å². The Morgan fingerprint density at radius 3 is 2.73 bits per heavy atom. The fourth-order valence-electron chi connectivity index (χ4n) is 5.14. The number of hydrogen-bond acceptors (Lipinski definition) is 4. The van der Waals surface area contributed by atoms with Gasteiger partial charge in [-0.05, 0) is 78.5 Å². The van der Waals surface area contributed by atoms with E-state index in [1.165, 1.54) is 33.0 Å². The Hall–Kier alpha value is -2.56. The highest BCUT2D eigenvalue weighted by atomic mass is 16.7.